The SMILES string of the molecule is CCNC(=NCCc1ccc2ccccc2n1)NC1CC2CCC1O2.I. The molecule has 2 saturated heterocycles. The van der Waals surface area contributed by atoms with Crippen molar-refractivity contribution in [2.45, 2.75) is 50.9 Å². The first-order valence-corrected chi connectivity index (χ1v) is 9.37. The third-order valence-electron chi connectivity index (χ3n) is 5.07. The molecule has 140 valence electrons. The Balaban J connectivity index is 0.00000196. The molecule has 0 saturated carbocycles. The zero-order valence-electron chi connectivity index (χ0n) is 15.1. The van der Waals surface area contributed by atoms with Crippen LogP contribution in [0.3, 0.4) is 0 Å². The van der Waals surface area contributed by atoms with E-state index in [0.29, 0.717) is 18.2 Å². The van der Waals surface area contributed by atoms with Gasteiger partial charge in [-0.05, 0) is 38.3 Å². The zero-order valence-corrected chi connectivity index (χ0v) is 17.5. The number of para-hydroxylation sites is 1. The van der Waals surface area contributed by atoms with Crippen LogP contribution in [0, 0.1) is 0 Å². The molecule has 26 heavy (non-hydrogen) atoms. The molecule has 3 heterocycles. The summed E-state index contributed by atoms with van der Waals surface area (Å²) in [6.45, 7) is 3.68. The molecule has 5 nitrogen and oxygen atoms in total. The molecule has 2 aromatic rings. The summed E-state index contributed by atoms with van der Waals surface area (Å²) in [4.78, 5) is 9.46. The number of aromatic nitrogens is 1. The van der Waals surface area contributed by atoms with E-state index in [2.05, 4.69) is 41.8 Å². The lowest BCUT2D eigenvalue weighted by atomic mass is 9.96. The lowest BCUT2D eigenvalue weighted by Gasteiger charge is -2.22. The molecule has 0 spiro atoms. The highest BCUT2D eigenvalue weighted by molar-refractivity contribution is 14.0. The van der Waals surface area contributed by atoms with Gasteiger partial charge < -0.3 is 15.4 Å². The fourth-order valence-electron chi connectivity index (χ4n) is 3.82. The molecule has 0 radical (unpaired) electrons. The number of aliphatic imine (C=N–C) groups is 1. The van der Waals surface area contributed by atoms with E-state index in [9.17, 15) is 0 Å². The number of pyridine rings is 1. The fourth-order valence-corrected chi connectivity index (χ4v) is 3.82. The maximum Gasteiger partial charge on any atom is 0.191 e. The average Bonchev–Trinajstić information content (AvgIpc) is 3.25. The summed E-state index contributed by atoms with van der Waals surface area (Å²) in [6, 6.07) is 12.9. The first-order valence-electron chi connectivity index (χ1n) is 9.37. The molecule has 2 N–H and O–H groups in total. The van der Waals surface area contributed by atoms with Crippen LogP contribution in [0.15, 0.2) is 41.4 Å². The Kier molecular flexibility index (Phi) is 6.69. The zero-order chi connectivity index (χ0) is 17.1. The van der Waals surface area contributed by atoms with Crippen LogP contribution in [-0.4, -0.2) is 42.3 Å². The molecule has 6 heteroatoms. The molecular formula is C20H27IN4O. The Labute approximate surface area is 172 Å². The number of nitrogens with zero attached hydrogens (tertiary/aromatic N) is 2. The predicted molar refractivity (Wildman–Crippen MR) is 116 cm³/mol. The number of ether oxygens (including phenoxy) is 1. The summed E-state index contributed by atoms with van der Waals surface area (Å²) < 4.78 is 5.92. The number of hydrogen-bond donors (Lipinski definition) is 2. The highest BCUT2D eigenvalue weighted by atomic mass is 127. The summed E-state index contributed by atoms with van der Waals surface area (Å²) in [5, 5.41) is 8.09. The number of nitrogens with one attached hydrogen (secondary N) is 2. The Morgan fingerprint density at radius 3 is 2.88 bits per heavy atom. The second kappa shape index (κ2) is 8.99. The van der Waals surface area contributed by atoms with E-state index >= 15 is 0 Å². The molecule has 1 aromatic carbocycles. The van der Waals surface area contributed by atoms with Gasteiger partial charge in [-0.1, -0.05) is 24.3 Å². The standard InChI is InChI=1S/C20H26N4O.HI/c1-2-21-20(24-18-13-16-9-10-19(18)25-16)22-12-11-15-8-7-14-5-3-4-6-17(14)23-15;/h3-8,16,18-19H,2,9-13H2,1H3,(H2,21,22,24);1H. The summed E-state index contributed by atoms with van der Waals surface area (Å²) >= 11 is 0. The Bertz CT molecular complexity index is 766. The average molecular weight is 466 g/mol. The van der Waals surface area contributed by atoms with Crippen LogP contribution in [0.5, 0.6) is 0 Å². The summed E-state index contributed by atoms with van der Waals surface area (Å²) in [5.74, 6) is 0.893. The Hall–Kier alpha value is -1.41. The van der Waals surface area contributed by atoms with E-state index in [-0.39, 0.29) is 24.0 Å². The number of guanidine groups is 1. The quantitative estimate of drug-likeness (QED) is 0.404. The van der Waals surface area contributed by atoms with Gasteiger partial charge in [-0.3, -0.25) is 9.98 Å². The van der Waals surface area contributed by atoms with Crippen LogP contribution in [0.25, 0.3) is 10.9 Å². The number of benzene rings is 1. The van der Waals surface area contributed by atoms with E-state index in [1.807, 2.05) is 12.1 Å². The maximum atomic E-state index is 5.92. The van der Waals surface area contributed by atoms with Gasteiger partial charge in [0.1, 0.15) is 0 Å². The molecule has 4 rings (SSSR count). The molecule has 2 aliphatic rings. The van der Waals surface area contributed by atoms with Crippen LogP contribution < -0.4 is 10.6 Å². The van der Waals surface area contributed by atoms with Crippen molar-refractivity contribution in [1.82, 2.24) is 15.6 Å². The van der Waals surface area contributed by atoms with E-state index in [0.717, 1.165) is 43.1 Å². The first kappa shape index (κ1) is 19.4. The van der Waals surface area contributed by atoms with E-state index < -0.39 is 0 Å². The van der Waals surface area contributed by atoms with Gasteiger partial charge in [-0.15, -0.1) is 24.0 Å². The van der Waals surface area contributed by atoms with Gasteiger partial charge in [0.25, 0.3) is 0 Å². The van der Waals surface area contributed by atoms with Crippen molar-refractivity contribution in [3.63, 3.8) is 0 Å². The summed E-state index contributed by atoms with van der Waals surface area (Å²) in [6.07, 6.45) is 5.13. The van der Waals surface area contributed by atoms with Crippen LogP contribution >= 0.6 is 24.0 Å². The monoisotopic (exact) mass is 466 g/mol. The van der Waals surface area contributed by atoms with E-state index in [1.165, 1.54) is 18.2 Å². The largest absolute Gasteiger partial charge is 0.373 e. The molecule has 2 aliphatic heterocycles. The number of hydrogen-bond acceptors (Lipinski definition) is 3. The minimum absolute atomic E-state index is 0. The topological polar surface area (TPSA) is 58.5 Å². The molecular weight excluding hydrogens is 439 g/mol. The summed E-state index contributed by atoms with van der Waals surface area (Å²) in [7, 11) is 0. The predicted octanol–water partition coefficient (Wildman–Crippen LogP) is 3.27. The third kappa shape index (κ3) is 4.46. The molecule has 2 bridgehead atoms. The van der Waals surface area contributed by atoms with Gasteiger partial charge in [0.05, 0.1) is 23.8 Å². The number of fused-ring (bicyclic) bond motifs is 3. The first-order chi connectivity index (χ1) is 12.3. The molecule has 1 aromatic heterocycles. The minimum Gasteiger partial charge on any atom is -0.373 e. The van der Waals surface area contributed by atoms with Crippen molar-refractivity contribution in [2.24, 2.45) is 4.99 Å². The van der Waals surface area contributed by atoms with Crippen molar-refractivity contribution in [1.29, 1.82) is 0 Å². The molecule has 0 amide bonds. The smallest absolute Gasteiger partial charge is 0.191 e. The second-order valence-electron chi connectivity index (χ2n) is 6.87. The second-order valence-corrected chi connectivity index (χ2v) is 6.87. The maximum absolute atomic E-state index is 5.92. The van der Waals surface area contributed by atoms with Crippen molar-refractivity contribution in [2.75, 3.05) is 13.1 Å². The van der Waals surface area contributed by atoms with Crippen molar-refractivity contribution < 1.29 is 4.74 Å². The Morgan fingerprint density at radius 2 is 2.12 bits per heavy atom. The number of halogens is 1. The van der Waals surface area contributed by atoms with E-state index in [4.69, 9.17) is 14.7 Å². The van der Waals surface area contributed by atoms with Gasteiger partial charge in [0.15, 0.2) is 5.96 Å². The molecule has 0 aliphatic carbocycles. The van der Waals surface area contributed by atoms with Gasteiger partial charge in [-0.2, -0.15) is 0 Å². The Morgan fingerprint density at radius 1 is 1.23 bits per heavy atom. The van der Waals surface area contributed by atoms with Crippen LogP contribution in [0.4, 0.5) is 0 Å². The van der Waals surface area contributed by atoms with Crippen LogP contribution in [0.2, 0.25) is 0 Å². The van der Waals surface area contributed by atoms with Gasteiger partial charge in [0, 0.05) is 30.6 Å². The third-order valence-corrected chi connectivity index (χ3v) is 5.07. The van der Waals surface area contributed by atoms with Crippen LogP contribution in [0.1, 0.15) is 31.9 Å². The highest BCUT2D eigenvalue weighted by Gasteiger charge is 2.41. The van der Waals surface area contributed by atoms with Gasteiger partial charge >= 0.3 is 0 Å². The lowest BCUT2D eigenvalue weighted by molar-refractivity contribution is 0.0992. The summed E-state index contributed by atoms with van der Waals surface area (Å²) in [5.41, 5.74) is 2.13. The molecule has 3 atom stereocenters. The number of rotatable bonds is 5. The lowest BCUT2D eigenvalue weighted by Crippen LogP contribution is -2.47. The van der Waals surface area contributed by atoms with Crippen molar-refractivity contribution in [3.8, 4) is 0 Å². The van der Waals surface area contributed by atoms with Gasteiger partial charge in [-0.25, -0.2) is 0 Å². The normalized spacial score (nSPS) is 24.5. The molecule has 3 unspecified atom stereocenters. The molecule has 2 fully saturated rings. The minimum atomic E-state index is 0. The highest BCUT2D eigenvalue weighted by Crippen LogP contribution is 2.34. The van der Waals surface area contributed by atoms with Crippen molar-refractivity contribution in [3.05, 3.63) is 42.1 Å². The van der Waals surface area contributed by atoms with Crippen molar-refractivity contribution >= 4 is 40.8 Å². The van der Waals surface area contributed by atoms with Crippen LogP contribution in [-0.2, 0) is 11.2 Å². The van der Waals surface area contributed by atoms with Gasteiger partial charge in [0.2, 0.25) is 0 Å². The van der Waals surface area contributed by atoms with E-state index in [1.54, 1.807) is 0 Å². The fraction of sp³-hybridized carbons (Fsp3) is 0.500.